The SMILES string of the molecule is CC1CCc2cc(F)cc3c2N1C(CN1CCC(c2ccc(C(F)(F)F)cc2)CC1)N3. The molecule has 1 saturated heterocycles. The van der Waals surface area contributed by atoms with Crippen molar-refractivity contribution in [1.29, 1.82) is 0 Å². The molecule has 3 aliphatic heterocycles. The van der Waals surface area contributed by atoms with Crippen molar-refractivity contribution in [2.45, 2.75) is 56.9 Å². The summed E-state index contributed by atoms with van der Waals surface area (Å²) in [7, 11) is 0. The number of piperidine rings is 1. The number of aryl methyl sites for hydroxylation is 1. The van der Waals surface area contributed by atoms with Crippen LogP contribution in [-0.2, 0) is 12.6 Å². The first kappa shape index (κ1) is 20.6. The summed E-state index contributed by atoms with van der Waals surface area (Å²) in [5.74, 6) is 0.107. The first-order valence-electron chi connectivity index (χ1n) is 11.1. The van der Waals surface area contributed by atoms with Gasteiger partial charge in [-0.2, -0.15) is 13.2 Å². The quantitative estimate of drug-likeness (QED) is 0.634. The summed E-state index contributed by atoms with van der Waals surface area (Å²) in [5.41, 5.74) is 3.54. The number of nitrogens with one attached hydrogen (secondary N) is 1. The molecule has 166 valence electrons. The summed E-state index contributed by atoms with van der Waals surface area (Å²) in [5, 5.41) is 3.54. The van der Waals surface area contributed by atoms with Crippen molar-refractivity contribution in [3.05, 3.63) is 58.9 Å². The molecular weight excluding hydrogens is 406 g/mol. The number of nitrogens with zero attached hydrogens (tertiary/aromatic N) is 2. The van der Waals surface area contributed by atoms with E-state index >= 15 is 0 Å². The lowest BCUT2D eigenvalue weighted by molar-refractivity contribution is -0.137. The van der Waals surface area contributed by atoms with Crippen molar-refractivity contribution in [1.82, 2.24) is 4.90 Å². The molecule has 0 aromatic heterocycles. The maximum absolute atomic E-state index is 14.0. The Morgan fingerprint density at radius 2 is 1.74 bits per heavy atom. The van der Waals surface area contributed by atoms with Crippen LogP contribution in [0, 0.1) is 5.82 Å². The van der Waals surface area contributed by atoms with Gasteiger partial charge in [-0.1, -0.05) is 12.1 Å². The summed E-state index contributed by atoms with van der Waals surface area (Å²) in [6.07, 6.45) is -0.383. The Bertz CT molecular complexity index is 949. The van der Waals surface area contributed by atoms with E-state index in [9.17, 15) is 17.6 Å². The van der Waals surface area contributed by atoms with Gasteiger partial charge in [0, 0.05) is 12.6 Å². The third-order valence-corrected chi connectivity index (χ3v) is 7.10. The average Bonchev–Trinajstić information content (AvgIpc) is 3.09. The van der Waals surface area contributed by atoms with Crippen molar-refractivity contribution < 1.29 is 17.6 Å². The van der Waals surface area contributed by atoms with Gasteiger partial charge in [0.25, 0.3) is 0 Å². The molecule has 2 aromatic carbocycles. The molecule has 3 heterocycles. The highest BCUT2D eigenvalue weighted by atomic mass is 19.4. The lowest BCUT2D eigenvalue weighted by Gasteiger charge is -2.40. The number of benzene rings is 2. The molecule has 31 heavy (non-hydrogen) atoms. The smallest absolute Gasteiger partial charge is 0.362 e. The fourth-order valence-electron chi connectivity index (χ4n) is 5.47. The Balaban J connectivity index is 1.23. The van der Waals surface area contributed by atoms with Crippen LogP contribution in [0.25, 0.3) is 0 Å². The highest BCUT2D eigenvalue weighted by Crippen LogP contribution is 2.44. The third-order valence-electron chi connectivity index (χ3n) is 7.10. The minimum Gasteiger partial charge on any atom is -0.362 e. The molecule has 2 aromatic rings. The van der Waals surface area contributed by atoms with Crippen LogP contribution in [0.5, 0.6) is 0 Å². The van der Waals surface area contributed by atoms with E-state index in [1.165, 1.54) is 12.1 Å². The molecule has 0 aliphatic carbocycles. The van der Waals surface area contributed by atoms with E-state index < -0.39 is 11.7 Å². The molecule has 0 spiro atoms. The normalized spacial score (nSPS) is 24.2. The molecule has 5 rings (SSSR count). The van der Waals surface area contributed by atoms with Gasteiger partial charge in [-0.15, -0.1) is 0 Å². The Morgan fingerprint density at radius 3 is 2.42 bits per heavy atom. The number of hydrogen-bond donors (Lipinski definition) is 1. The van der Waals surface area contributed by atoms with Crippen LogP contribution in [0.3, 0.4) is 0 Å². The molecule has 2 atom stereocenters. The zero-order chi connectivity index (χ0) is 21.8. The molecule has 3 aliphatic rings. The average molecular weight is 433 g/mol. The van der Waals surface area contributed by atoms with E-state index in [0.29, 0.717) is 12.0 Å². The Hall–Kier alpha value is -2.28. The van der Waals surface area contributed by atoms with Crippen LogP contribution in [-0.4, -0.2) is 36.7 Å². The van der Waals surface area contributed by atoms with E-state index in [0.717, 1.165) is 67.8 Å². The van der Waals surface area contributed by atoms with Gasteiger partial charge < -0.3 is 10.2 Å². The second kappa shape index (κ2) is 7.69. The first-order chi connectivity index (χ1) is 14.8. The van der Waals surface area contributed by atoms with E-state index in [4.69, 9.17) is 0 Å². The predicted octanol–water partition coefficient (Wildman–Crippen LogP) is 5.62. The molecule has 0 radical (unpaired) electrons. The van der Waals surface area contributed by atoms with E-state index in [-0.39, 0.29) is 12.0 Å². The van der Waals surface area contributed by atoms with Crippen LogP contribution < -0.4 is 10.2 Å². The number of halogens is 4. The fraction of sp³-hybridized carbons (Fsp3) is 0.500. The lowest BCUT2D eigenvalue weighted by atomic mass is 9.89. The highest BCUT2D eigenvalue weighted by molar-refractivity contribution is 5.80. The highest BCUT2D eigenvalue weighted by Gasteiger charge is 2.38. The maximum atomic E-state index is 14.0. The summed E-state index contributed by atoms with van der Waals surface area (Å²) in [6, 6.07) is 9.30. The molecular formula is C24H27F4N3. The van der Waals surface area contributed by atoms with Gasteiger partial charge in [-0.05, 0) is 87.0 Å². The predicted molar refractivity (Wildman–Crippen MR) is 114 cm³/mol. The molecule has 7 heteroatoms. The summed E-state index contributed by atoms with van der Waals surface area (Å²) in [6.45, 7) is 4.89. The zero-order valence-electron chi connectivity index (χ0n) is 17.6. The largest absolute Gasteiger partial charge is 0.416 e. The topological polar surface area (TPSA) is 18.5 Å². The Labute approximate surface area is 180 Å². The second-order valence-corrected chi connectivity index (χ2v) is 9.11. The minimum absolute atomic E-state index is 0.119. The van der Waals surface area contributed by atoms with Crippen molar-refractivity contribution in [3.8, 4) is 0 Å². The Kier molecular flexibility index (Phi) is 5.12. The van der Waals surface area contributed by atoms with Gasteiger partial charge in [-0.25, -0.2) is 4.39 Å². The zero-order valence-corrected chi connectivity index (χ0v) is 17.6. The van der Waals surface area contributed by atoms with Gasteiger partial charge in [0.15, 0.2) is 0 Å². The van der Waals surface area contributed by atoms with E-state index in [1.807, 2.05) is 0 Å². The van der Waals surface area contributed by atoms with E-state index in [1.54, 1.807) is 24.3 Å². The molecule has 1 fully saturated rings. The van der Waals surface area contributed by atoms with Crippen LogP contribution in [0.2, 0.25) is 0 Å². The standard InChI is InChI=1S/C24H27F4N3/c1-15-2-3-18-12-20(25)13-21-23(18)31(15)22(29-21)14-30-10-8-17(9-11-30)16-4-6-19(7-5-16)24(26,27)28/h4-7,12-13,15,17,22,29H,2-3,8-11,14H2,1H3. The van der Waals surface area contributed by atoms with Crippen LogP contribution in [0.15, 0.2) is 36.4 Å². The van der Waals surface area contributed by atoms with Gasteiger partial charge >= 0.3 is 6.18 Å². The molecule has 2 unspecified atom stereocenters. The third kappa shape index (κ3) is 3.88. The first-order valence-corrected chi connectivity index (χ1v) is 11.1. The van der Waals surface area contributed by atoms with Crippen molar-refractivity contribution in [3.63, 3.8) is 0 Å². The molecule has 0 saturated carbocycles. The summed E-state index contributed by atoms with van der Waals surface area (Å²) >= 11 is 0. The van der Waals surface area contributed by atoms with Gasteiger partial charge in [0.1, 0.15) is 12.0 Å². The van der Waals surface area contributed by atoms with Crippen LogP contribution in [0.1, 0.15) is 48.8 Å². The lowest BCUT2D eigenvalue weighted by Crippen LogP contribution is -2.51. The number of rotatable bonds is 3. The van der Waals surface area contributed by atoms with Crippen molar-refractivity contribution >= 4 is 11.4 Å². The van der Waals surface area contributed by atoms with Crippen molar-refractivity contribution in [2.75, 3.05) is 29.9 Å². The molecule has 0 bridgehead atoms. The van der Waals surface area contributed by atoms with Gasteiger partial charge in [-0.3, -0.25) is 4.90 Å². The molecule has 3 nitrogen and oxygen atoms in total. The molecule has 1 N–H and O–H groups in total. The number of anilines is 2. The number of likely N-dealkylation sites (tertiary alicyclic amines) is 1. The Morgan fingerprint density at radius 1 is 1.03 bits per heavy atom. The number of hydrogen-bond acceptors (Lipinski definition) is 3. The summed E-state index contributed by atoms with van der Waals surface area (Å²) < 4.78 is 52.4. The minimum atomic E-state index is -4.29. The van der Waals surface area contributed by atoms with Crippen LogP contribution >= 0.6 is 0 Å². The summed E-state index contributed by atoms with van der Waals surface area (Å²) in [4.78, 5) is 4.83. The monoisotopic (exact) mass is 433 g/mol. The number of alkyl halides is 3. The van der Waals surface area contributed by atoms with Gasteiger partial charge in [0.05, 0.1) is 16.9 Å². The van der Waals surface area contributed by atoms with E-state index in [2.05, 4.69) is 22.0 Å². The fourth-order valence-corrected chi connectivity index (χ4v) is 5.47. The molecule has 0 amide bonds. The second-order valence-electron chi connectivity index (χ2n) is 9.11. The van der Waals surface area contributed by atoms with Crippen LogP contribution in [0.4, 0.5) is 28.9 Å². The van der Waals surface area contributed by atoms with Crippen molar-refractivity contribution in [2.24, 2.45) is 0 Å². The maximum Gasteiger partial charge on any atom is 0.416 e. The van der Waals surface area contributed by atoms with Gasteiger partial charge in [0.2, 0.25) is 0 Å².